The average Bonchev–Trinajstić information content (AvgIpc) is 2.76. The molecule has 0 radical (unpaired) electrons. The van der Waals surface area contributed by atoms with Crippen molar-refractivity contribution in [2.24, 2.45) is 0 Å². The van der Waals surface area contributed by atoms with Gasteiger partial charge in [-0.15, -0.1) is 0 Å². The third-order valence-electron chi connectivity index (χ3n) is 4.75. The van der Waals surface area contributed by atoms with Crippen LogP contribution < -0.4 is 14.8 Å². The van der Waals surface area contributed by atoms with E-state index < -0.39 is 6.10 Å². The van der Waals surface area contributed by atoms with Crippen LogP contribution in [0.5, 0.6) is 17.2 Å². The van der Waals surface area contributed by atoms with Crippen molar-refractivity contribution in [1.29, 1.82) is 0 Å². The smallest absolute Gasteiger partial charge is 0.323 e. The molecule has 0 aliphatic heterocycles. The minimum Gasteiger partial charge on any atom is -0.489 e. The highest BCUT2D eigenvalue weighted by atomic mass is 127. The zero-order chi connectivity index (χ0) is 25.3. The largest absolute Gasteiger partial charge is 0.489 e. The Kier molecular flexibility index (Phi) is 14.1. The van der Waals surface area contributed by atoms with Crippen LogP contribution in [-0.4, -0.2) is 50.8 Å². The van der Waals surface area contributed by atoms with Crippen molar-refractivity contribution in [3.63, 3.8) is 0 Å². The van der Waals surface area contributed by atoms with Gasteiger partial charge in [-0.25, -0.2) is 0 Å². The second-order valence-corrected chi connectivity index (χ2v) is 12.2. The van der Waals surface area contributed by atoms with Crippen molar-refractivity contribution in [1.82, 2.24) is 5.32 Å². The van der Waals surface area contributed by atoms with Crippen molar-refractivity contribution in [3.05, 3.63) is 44.1 Å². The highest BCUT2D eigenvalue weighted by Crippen LogP contribution is 2.37. The maximum Gasteiger partial charge on any atom is 0.323 e. The molecule has 11 heteroatoms. The van der Waals surface area contributed by atoms with Gasteiger partial charge in [0, 0.05) is 0 Å². The lowest BCUT2D eigenvalue weighted by Crippen LogP contribution is -2.39. The summed E-state index contributed by atoms with van der Waals surface area (Å²) < 4.78 is 21.1. The highest BCUT2D eigenvalue weighted by molar-refractivity contribution is 14.1. The minimum absolute atomic E-state index is 0.233. The summed E-state index contributed by atoms with van der Waals surface area (Å²) in [5.41, 5.74) is 1.04. The SMILES string of the molecule is BCCC(O)COc1c(I)cc(Oc2c(I)cc(CC(NCC)C(=O)OCC)cc2I)cc1I. The number of ether oxygens (including phenoxy) is 3. The predicted molar refractivity (Wildman–Crippen MR) is 171 cm³/mol. The van der Waals surface area contributed by atoms with Crippen LogP contribution in [0.1, 0.15) is 25.8 Å². The van der Waals surface area contributed by atoms with Gasteiger partial charge in [0.2, 0.25) is 0 Å². The van der Waals surface area contributed by atoms with Gasteiger partial charge in [0.25, 0.3) is 0 Å². The minimum atomic E-state index is -0.467. The third kappa shape index (κ3) is 9.37. The Hall–Kier alpha value is 0.415. The standard InChI is InChI=1S/C23H28BI4NO5/c1-3-29-20(23(31)32-4-2)9-13-7-16(25)22(17(26)8-13)34-15-10-18(27)21(19(28)11-15)33-12-14(30)5-6-24/h7-8,10-11,14,20,29-30H,3-6,9,12,24H2,1-2H3. The number of aliphatic hydroxyl groups excluding tert-OH is 1. The number of halogens is 4. The van der Waals surface area contributed by atoms with Gasteiger partial charge in [0.15, 0.2) is 5.75 Å². The molecule has 6 nitrogen and oxygen atoms in total. The lowest BCUT2D eigenvalue weighted by atomic mass is 9.99. The second-order valence-electron chi connectivity index (χ2n) is 7.53. The number of likely N-dealkylation sites (N-methyl/N-ethyl adjacent to an activating group) is 1. The van der Waals surface area contributed by atoms with Gasteiger partial charge in [-0.2, -0.15) is 0 Å². The highest BCUT2D eigenvalue weighted by Gasteiger charge is 2.21. The Balaban J connectivity index is 2.18. The fourth-order valence-electron chi connectivity index (χ4n) is 3.24. The molecule has 0 amide bonds. The van der Waals surface area contributed by atoms with E-state index in [0.29, 0.717) is 19.6 Å². The van der Waals surface area contributed by atoms with Gasteiger partial charge in [0.05, 0.1) is 27.0 Å². The summed E-state index contributed by atoms with van der Waals surface area (Å²) in [6, 6.07) is 7.59. The monoisotopic (exact) mass is 917 g/mol. The van der Waals surface area contributed by atoms with Crippen molar-refractivity contribution in [2.45, 2.75) is 45.2 Å². The Labute approximate surface area is 257 Å². The van der Waals surface area contributed by atoms with E-state index in [4.69, 9.17) is 14.2 Å². The first kappa shape index (κ1) is 30.6. The summed E-state index contributed by atoms with van der Waals surface area (Å²) in [4.78, 5) is 12.3. The van der Waals surface area contributed by atoms with Crippen molar-refractivity contribution in [3.8, 4) is 17.2 Å². The molecule has 0 bridgehead atoms. The van der Waals surface area contributed by atoms with E-state index >= 15 is 0 Å². The van der Waals surface area contributed by atoms with Crippen LogP contribution in [0.2, 0.25) is 6.32 Å². The third-order valence-corrected chi connectivity index (χ3v) is 7.96. The van der Waals surface area contributed by atoms with E-state index in [-0.39, 0.29) is 18.6 Å². The Morgan fingerprint density at radius 2 is 1.62 bits per heavy atom. The molecule has 0 fully saturated rings. The molecule has 2 atom stereocenters. The van der Waals surface area contributed by atoms with E-state index in [1.54, 1.807) is 0 Å². The summed E-state index contributed by atoms with van der Waals surface area (Å²) in [5.74, 6) is 2.02. The molecule has 186 valence electrons. The van der Waals surface area contributed by atoms with Gasteiger partial charge in [0.1, 0.15) is 32.0 Å². The van der Waals surface area contributed by atoms with E-state index in [1.165, 1.54) is 0 Å². The fraction of sp³-hybridized carbons (Fsp3) is 0.435. The number of hydrogen-bond donors (Lipinski definition) is 2. The Bertz CT molecular complexity index is 932. The number of aliphatic hydroxyl groups is 1. The first-order valence-corrected chi connectivity index (χ1v) is 15.4. The number of benzene rings is 2. The van der Waals surface area contributed by atoms with E-state index in [2.05, 4.69) is 95.7 Å². The molecular formula is C23H28BI4NO5. The molecule has 34 heavy (non-hydrogen) atoms. The molecule has 2 N–H and O–H groups in total. The fourth-order valence-corrected chi connectivity index (χ4v) is 7.38. The molecule has 0 aliphatic carbocycles. The van der Waals surface area contributed by atoms with Crippen LogP contribution >= 0.6 is 90.4 Å². The van der Waals surface area contributed by atoms with E-state index in [9.17, 15) is 9.90 Å². The molecule has 0 saturated carbocycles. The number of esters is 1. The summed E-state index contributed by atoms with van der Waals surface area (Å²) in [6.07, 6.45) is 1.71. The first-order valence-electron chi connectivity index (χ1n) is 11.1. The molecular weight excluding hydrogens is 889 g/mol. The van der Waals surface area contributed by atoms with Crippen LogP contribution in [0.4, 0.5) is 0 Å². The Morgan fingerprint density at radius 1 is 1.03 bits per heavy atom. The molecule has 2 rings (SSSR count). The summed E-state index contributed by atoms with van der Waals surface area (Å²) in [6.45, 7) is 5.12. The zero-order valence-electron chi connectivity index (χ0n) is 19.3. The molecule has 0 aliphatic rings. The van der Waals surface area contributed by atoms with Crippen LogP contribution in [0.25, 0.3) is 0 Å². The van der Waals surface area contributed by atoms with Crippen molar-refractivity contribution < 1.29 is 24.1 Å². The summed E-state index contributed by atoms with van der Waals surface area (Å²) in [7, 11) is 2.04. The molecule has 0 aromatic heterocycles. The predicted octanol–water partition coefficient (Wildman–Crippen LogP) is 5.16. The molecule has 0 spiro atoms. The van der Waals surface area contributed by atoms with Gasteiger partial charge in [-0.05, 0) is 147 Å². The van der Waals surface area contributed by atoms with Crippen LogP contribution in [0.15, 0.2) is 24.3 Å². The van der Waals surface area contributed by atoms with Crippen LogP contribution in [-0.2, 0) is 16.0 Å². The zero-order valence-corrected chi connectivity index (χ0v) is 27.9. The van der Waals surface area contributed by atoms with Gasteiger partial charge >= 0.3 is 5.97 Å². The molecule has 0 saturated heterocycles. The Morgan fingerprint density at radius 3 is 2.15 bits per heavy atom. The maximum atomic E-state index is 12.3. The lowest BCUT2D eigenvalue weighted by molar-refractivity contribution is -0.145. The van der Waals surface area contributed by atoms with E-state index in [0.717, 1.165) is 49.8 Å². The number of carbonyl (C=O) groups excluding carboxylic acids is 1. The van der Waals surface area contributed by atoms with Gasteiger partial charge in [-0.3, -0.25) is 4.79 Å². The molecule has 2 unspecified atom stereocenters. The van der Waals surface area contributed by atoms with Crippen LogP contribution in [0.3, 0.4) is 0 Å². The van der Waals surface area contributed by atoms with Crippen molar-refractivity contribution >= 4 is 104 Å². The molecule has 2 aromatic carbocycles. The lowest BCUT2D eigenvalue weighted by Gasteiger charge is -2.18. The molecule has 0 heterocycles. The summed E-state index contributed by atoms with van der Waals surface area (Å²) in [5, 5.41) is 13.2. The number of hydrogen-bond acceptors (Lipinski definition) is 6. The maximum absolute atomic E-state index is 12.3. The second kappa shape index (κ2) is 15.6. The van der Waals surface area contributed by atoms with Gasteiger partial charge in [-0.1, -0.05) is 13.2 Å². The van der Waals surface area contributed by atoms with Crippen LogP contribution in [0, 0.1) is 14.3 Å². The van der Waals surface area contributed by atoms with Crippen molar-refractivity contribution in [2.75, 3.05) is 19.8 Å². The molecule has 2 aromatic rings. The van der Waals surface area contributed by atoms with E-state index in [1.807, 2.05) is 46.0 Å². The number of rotatable bonds is 13. The number of nitrogens with one attached hydrogen (secondary N) is 1. The quantitative estimate of drug-likeness (QED) is 0.165. The topological polar surface area (TPSA) is 77.0 Å². The average molecular weight is 917 g/mol. The first-order chi connectivity index (χ1) is 16.2. The summed E-state index contributed by atoms with van der Waals surface area (Å²) >= 11 is 9.01. The van der Waals surface area contributed by atoms with Gasteiger partial charge < -0.3 is 24.6 Å². The number of carbonyl (C=O) groups is 1. The normalized spacial score (nSPS) is 12.8.